The van der Waals surface area contributed by atoms with Crippen LogP contribution in [0.5, 0.6) is 0 Å². The summed E-state index contributed by atoms with van der Waals surface area (Å²) in [5, 5.41) is 0. The molecule has 7 heteroatoms. The van der Waals surface area contributed by atoms with Crippen molar-refractivity contribution >= 4 is 7.82 Å². The van der Waals surface area contributed by atoms with Crippen molar-refractivity contribution < 1.29 is 27.7 Å². The van der Waals surface area contributed by atoms with Crippen LogP contribution in [0.2, 0.25) is 0 Å². The number of quaternary nitrogens is 1. The monoisotopic (exact) mass is 353 g/mol. The molecule has 23 heavy (non-hydrogen) atoms. The summed E-state index contributed by atoms with van der Waals surface area (Å²) < 4.78 is 27.2. The average molecular weight is 353 g/mol. The Bertz CT molecular complexity index is 320. The summed E-state index contributed by atoms with van der Waals surface area (Å²) in [5.41, 5.74) is 0. The molecule has 0 heterocycles. The lowest BCUT2D eigenvalue weighted by atomic mass is 10.1. The van der Waals surface area contributed by atoms with Gasteiger partial charge >= 0.3 is 0 Å². The predicted molar refractivity (Wildman–Crippen MR) is 91.2 cm³/mol. The second-order valence-corrected chi connectivity index (χ2v) is 8.27. The maximum absolute atomic E-state index is 11.5. The van der Waals surface area contributed by atoms with Gasteiger partial charge in [0.05, 0.1) is 27.7 Å². The Morgan fingerprint density at radius 3 is 2.04 bits per heavy atom. The molecule has 0 rings (SSSR count). The molecule has 0 aromatic rings. The third-order valence-electron chi connectivity index (χ3n) is 3.34. The van der Waals surface area contributed by atoms with E-state index in [0.717, 1.165) is 13.0 Å². The summed E-state index contributed by atoms with van der Waals surface area (Å²) in [6.45, 7) is 4.33. The van der Waals surface area contributed by atoms with Gasteiger partial charge in [0, 0.05) is 13.2 Å². The lowest BCUT2D eigenvalue weighted by molar-refractivity contribution is -0.870. The first-order chi connectivity index (χ1) is 10.8. The summed E-state index contributed by atoms with van der Waals surface area (Å²) in [4.78, 5) is 11.5. The topological polar surface area (TPSA) is 67.8 Å². The zero-order valence-corrected chi connectivity index (χ0v) is 16.3. The van der Waals surface area contributed by atoms with Crippen LogP contribution in [-0.4, -0.2) is 58.6 Å². The molecule has 0 radical (unpaired) electrons. The fourth-order valence-electron chi connectivity index (χ4n) is 1.89. The van der Waals surface area contributed by atoms with Gasteiger partial charge in [0.1, 0.15) is 13.2 Å². The lowest BCUT2D eigenvalue weighted by Gasteiger charge is -2.27. The van der Waals surface area contributed by atoms with Crippen molar-refractivity contribution in [3.63, 3.8) is 0 Å². The van der Waals surface area contributed by atoms with Gasteiger partial charge in [-0.3, -0.25) is 4.57 Å². The highest BCUT2D eigenvalue weighted by molar-refractivity contribution is 7.45. The summed E-state index contributed by atoms with van der Waals surface area (Å²) in [5.74, 6) is 0. The predicted octanol–water partition coefficient (Wildman–Crippen LogP) is 2.96. The standard InChI is InChI=1S/C16H36NO5P/c1-5-6-7-8-9-10-13-20-14-11-15-21-23(18,19)22-16-12-17(2,3)4/h5-16H2,1-4H3. The maximum Gasteiger partial charge on any atom is 0.268 e. The first-order valence-corrected chi connectivity index (χ1v) is 10.2. The van der Waals surface area contributed by atoms with Crippen LogP contribution in [0.4, 0.5) is 0 Å². The molecule has 140 valence electrons. The van der Waals surface area contributed by atoms with E-state index in [4.69, 9.17) is 13.8 Å². The molecule has 0 fully saturated rings. The van der Waals surface area contributed by atoms with Gasteiger partial charge in [0.25, 0.3) is 7.82 Å². The van der Waals surface area contributed by atoms with Gasteiger partial charge in [-0.05, 0) is 12.8 Å². The van der Waals surface area contributed by atoms with Gasteiger partial charge in [-0.1, -0.05) is 39.0 Å². The third kappa shape index (κ3) is 18.2. The van der Waals surface area contributed by atoms with E-state index in [1.54, 1.807) is 0 Å². The zero-order valence-electron chi connectivity index (χ0n) is 15.4. The van der Waals surface area contributed by atoms with E-state index in [9.17, 15) is 9.46 Å². The average Bonchev–Trinajstić information content (AvgIpc) is 2.43. The Hall–Kier alpha value is 0.0300. The molecular formula is C16H36NO5P. The maximum atomic E-state index is 11.5. The van der Waals surface area contributed by atoms with Gasteiger partial charge < -0.3 is 23.2 Å². The minimum Gasteiger partial charge on any atom is -0.756 e. The molecule has 1 unspecified atom stereocenters. The molecule has 0 aliphatic rings. The Morgan fingerprint density at radius 2 is 1.39 bits per heavy atom. The molecule has 1 atom stereocenters. The van der Waals surface area contributed by atoms with Crippen LogP contribution in [0.25, 0.3) is 0 Å². The van der Waals surface area contributed by atoms with Crippen LogP contribution in [0.15, 0.2) is 0 Å². The lowest BCUT2D eigenvalue weighted by Crippen LogP contribution is -2.37. The molecule has 0 saturated carbocycles. The van der Waals surface area contributed by atoms with E-state index < -0.39 is 7.82 Å². The van der Waals surface area contributed by atoms with E-state index >= 15 is 0 Å². The molecule has 6 nitrogen and oxygen atoms in total. The van der Waals surface area contributed by atoms with Crippen molar-refractivity contribution in [1.82, 2.24) is 0 Å². The van der Waals surface area contributed by atoms with Crippen molar-refractivity contribution in [2.75, 3.05) is 54.1 Å². The van der Waals surface area contributed by atoms with Gasteiger partial charge in [0.15, 0.2) is 0 Å². The first-order valence-electron chi connectivity index (χ1n) is 8.75. The first kappa shape index (κ1) is 23.0. The van der Waals surface area contributed by atoms with Gasteiger partial charge in [0.2, 0.25) is 0 Å². The van der Waals surface area contributed by atoms with Crippen molar-refractivity contribution in [2.45, 2.75) is 51.9 Å². The number of unbranched alkanes of at least 4 members (excludes halogenated alkanes) is 5. The van der Waals surface area contributed by atoms with Crippen LogP contribution < -0.4 is 4.89 Å². The fourth-order valence-corrected chi connectivity index (χ4v) is 2.62. The number of phosphoric ester groups is 1. The normalized spacial score (nSPS) is 14.8. The quantitative estimate of drug-likeness (QED) is 0.242. The molecule has 0 aliphatic heterocycles. The smallest absolute Gasteiger partial charge is 0.268 e. The van der Waals surface area contributed by atoms with Crippen molar-refractivity contribution in [3.8, 4) is 0 Å². The van der Waals surface area contributed by atoms with E-state index in [0.29, 0.717) is 24.1 Å². The largest absolute Gasteiger partial charge is 0.756 e. The zero-order chi connectivity index (χ0) is 17.6. The number of nitrogens with zero attached hydrogens (tertiary/aromatic N) is 1. The number of likely N-dealkylation sites (N-methyl/N-ethyl adjacent to an activating group) is 1. The highest BCUT2D eigenvalue weighted by atomic mass is 31.2. The summed E-state index contributed by atoms with van der Waals surface area (Å²) in [7, 11) is 1.75. The number of hydrogen-bond donors (Lipinski definition) is 0. The fraction of sp³-hybridized carbons (Fsp3) is 1.00. The van der Waals surface area contributed by atoms with Gasteiger partial charge in [-0.25, -0.2) is 0 Å². The Kier molecular flexibility index (Phi) is 13.4. The van der Waals surface area contributed by atoms with E-state index in [1.807, 2.05) is 21.1 Å². The second kappa shape index (κ2) is 13.3. The van der Waals surface area contributed by atoms with Crippen LogP contribution in [-0.2, 0) is 18.3 Å². The van der Waals surface area contributed by atoms with E-state index in [2.05, 4.69) is 6.92 Å². The highest BCUT2D eigenvalue weighted by Gasteiger charge is 2.12. The third-order valence-corrected chi connectivity index (χ3v) is 4.33. The molecule has 0 spiro atoms. The Labute approximate surface area is 142 Å². The molecule has 0 saturated heterocycles. The van der Waals surface area contributed by atoms with Crippen LogP contribution in [0, 0.1) is 0 Å². The highest BCUT2D eigenvalue weighted by Crippen LogP contribution is 2.38. The second-order valence-electron chi connectivity index (χ2n) is 6.86. The summed E-state index contributed by atoms with van der Waals surface area (Å²) >= 11 is 0. The van der Waals surface area contributed by atoms with Crippen molar-refractivity contribution in [1.29, 1.82) is 0 Å². The molecule has 0 aromatic carbocycles. The molecule has 0 aliphatic carbocycles. The summed E-state index contributed by atoms with van der Waals surface area (Å²) in [6, 6.07) is 0. The summed E-state index contributed by atoms with van der Waals surface area (Å²) in [6.07, 6.45) is 7.97. The molecule has 0 bridgehead atoms. The van der Waals surface area contributed by atoms with Gasteiger partial charge in [-0.2, -0.15) is 0 Å². The Morgan fingerprint density at radius 1 is 0.826 bits per heavy atom. The van der Waals surface area contributed by atoms with Crippen LogP contribution in [0.3, 0.4) is 0 Å². The molecule has 0 aromatic heterocycles. The SMILES string of the molecule is CCCCCCCCOCCCOP(=O)([O-])OCC[N+](C)(C)C. The molecule has 0 N–H and O–H groups in total. The van der Waals surface area contributed by atoms with Crippen LogP contribution >= 0.6 is 7.82 Å². The van der Waals surface area contributed by atoms with Crippen molar-refractivity contribution in [3.05, 3.63) is 0 Å². The minimum atomic E-state index is -4.17. The number of phosphoric acid groups is 1. The molecule has 0 amide bonds. The van der Waals surface area contributed by atoms with Crippen LogP contribution in [0.1, 0.15) is 51.9 Å². The van der Waals surface area contributed by atoms with E-state index in [-0.39, 0.29) is 13.2 Å². The number of rotatable bonds is 16. The van der Waals surface area contributed by atoms with Crippen molar-refractivity contribution in [2.24, 2.45) is 0 Å². The van der Waals surface area contributed by atoms with E-state index in [1.165, 1.54) is 32.1 Å². The number of hydrogen-bond acceptors (Lipinski definition) is 5. The Balaban J connectivity index is 3.40. The van der Waals surface area contributed by atoms with Gasteiger partial charge in [-0.15, -0.1) is 0 Å². The number of ether oxygens (including phenoxy) is 1. The molecular weight excluding hydrogens is 317 g/mol. The minimum absolute atomic E-state index is 0.113.